The fourth-order valence-corrected chi connectivity index (χ4v) is 2.91. The number of aromatic nitrogens is 4. The fourth-order valence-electron chi connectivity index (χ4n) is 2.48. The second-order valence-corrected chi connectivity index (χ2v) is 6.50. The van der Waals surface area contributed by atoms with Crippen LogP contribution >= 0.6 is 15.9 Å². The van der Waals surface area contributed by atoms with Gasteiger partial charge in [0.15, 0.2) is 18.0 Å². The van der Waals surface area contributed by atoms with Gasteiger partial charge in [-0.1, -0.05) is 15.9 Å². The Morgan fingerprint density at radius 1 is 1.22 bits per heavy atom. The summed E-state index contributed by atoms with van der Waals surface area (Å²) in [5.41, 5.74) is 1.64. The van der Waals surface area contributed by atoms with E-state index in [0.717, 1.165) is 14.8 Å². The minimum absolute atomic E-state index is 0.221. The Hall–Kier alpha value is -3.14. The maximum Gasteiger partial charge on any atom is 0.327 e. The van der Waals surface area contributed by atoms with Crippen LogP contribution in [0.25, 0.3) is 11.4 Å². The first kappa shape index (κ1) is 17.3. The summed E-state index contributed by atoms with van der Waals surface area (Å²) in [5, 5.41) is 20.3. The SMILES string of the molecule is O=C(O)Cn1nnc(-c2ccc(OCc3cc4c(cc3Br)OCO4)cc2)n1. The third-order valence-corrected chi connectivity index (χ3v) is 4.52. The number of ether oxygens (including phenoxy) is 3. The van der Waals surface area contributed by atoms with Crippen LogP contribution < -0.4 is 14.2 Å². The second kappa shape index (κ2) is 7.23. The van der Waals surface area contributed by atoms with Crippen LogP contribution in [0.5, 0.6) is 17.2 Å². The van der Waals surface area contributed by atoms with Crippen LogP contribution in [0.15, 0.2) is 40.9 Å². The molecular weight excluding hydrogens is 420 g/mol. The summed E-state index contributed by atoms with van der Waals surface area (Å²) in [6, 6.07) is 10.9. The molecule has 0 unspecified atom stereocenters. The van der Waals surface area contributed by atoms with E-state index in [4.69, 9.17) is 19.3 Å². The number of benzene rings is 2. The maximum absolute atomic E-state index is 10.7. The smallest absolute Gasteiger partial charge is 0.327 e. The van der Waals surface area contributed by atoms with E-state index in [0.29, 0.717) is 35.2 Å². The predicted octanol–water partition coefficient (Wildman–Crippen LogP) is 2.49. The van der Waals surface area contributed by atoms with Gasteiger partial charge in [-0.2, -0.15) is 4.80 Å². The minimum Gasteiger partial charge on any atom is -0.489 e. The quantitative estimate of drug-likeness (QED) is 0.632. The standard InChI is InChI=1S/C17H13BrN4O5/c18-13-6-15-14(26-9-27-15)5-11(13)8-25-12-3-1-10(2-4-12)17-19-21-22(20-17)7-16(23)24/h1-6H,7-9H2,(H,23,24). The third kappa shape index (κ3) is 3.85. The molecule has 0 saturated carbocycles. The Morgan fingerprint density at radius 2 is 1.96 bits per heavy atom. The highest BCUT2D eigenvalue weighted by molar-refractivity contribution is 9.10. The molecule has 0 fully saturated rings. The van der Waals surface area contributed by atoms with Crippen LogP contribution in [0, 0.1) is 0 Å². The van der Waals surface area contributed by atoms with Crippen molar-refractivity contribution in [3.05, 3.63) is 46.4 Å². The number of aliphatic carboxylic acids is 1. The number of halogens is 1. The number of carboxylic acid groups (broad SMARTS) is 1. The Kier molecular flexibility index (Phi) is 4.63. The van der Waals surface area contributed by atoms with Crippen molar-refractivity contribution in [1.29, 1.82) is 0 Å². The van der Waals surface area contributed by atoms with Gasteiger partial charge in [-0.05, 0) is 41.6 Å². The molecule has 0 amide bonds. The molecule has 0 spiro atoms. The van der Waals surface area contributed by atoms with E-state index in [-0.39, 0.29) is 13.3 Å². The average molecular weight is 433 g/mol. The summed E-state index contributed by atoms with van der Waals surface area (Å²) in [6.45, 7) is 0.237. The number of fused-ring (bicyclic) bond motifs is 1. The number of carbonyl (C=O) groups is 1. The van der Waals surface area contributed by atoms with Crippen LogP contribution in [-0.4, -0.2) is 38.1 Å². The Bertz CT molecular complexity index is 989. The number of hydrogen-bond donors (Lipinski definition) is 1. The topological polar surface area (TPSA) is 109 Å². The first-order chi connectivity index (χ1) is 13.1. The van der Waals surface area contributed by atoms with Crippen LogP contribution in [0.1, 0.15) is 5.56 Å². The molecule has 0 aliphatic carbocycles. The van der Waals surface area contributed by atoms with E-state index in [1.807, 2.05) is 12.1 Å². The first-order valence-electron chi connectivity index (χ1n) is 7.89. The van der Waals surface area contributed by atoms with E-state index in [2.05, 4.69) is 31.3 Å². The summed E-state index contributed by atoms with van der Waals surface area (Å²) < 4.78 is 17.4. The van der Waals surface area contributed by atoms with Gasteiger partial charge in [-0.15, -0.1) is 10.2 Å². The summed E-state index contributed by atoms with van der Waals surface area (Å²) >= 11 is 3.50. The largest absolute Gasteiger partial charge is 0.489 e. The minimum atomic E-state index is -1.03. The summed E-state index contributed by atoms with van der Waals surface area (Å²) in [6.07, 6.45) is 0. The van der Waals surface area contributed by atoms with Crippen LogP contribution in [0.4, 0.5) is 0 Å². The lowest BCUT2D eigenvalue weighted by Crippen LogP contribution is -2.11. The van der Waals surface area contributed by atoms with Crippen molar-refractivity contribution in [3.8, 4) is 28.6 Å². The maximum atomic E-state index is 10.7. The van der Waals surface area contributed by atoms with Gasteiger partial charge in [-0.3, -0.25) is 4.79 Å². The molecule has 27 heavy (non-hydrogen) atoms. The Morgan fingerprint density at radius 3 is 2.70 bits per heavy atom. The van der Waals surface area contributed by atoms with Gasteiger partial charge in [0.1, 0.15) is 12.4 Å². The van der Waals surface area contributed by atoms with Crippen molar-refractivity contribution in [2.24, 2.45) is 0 Å². The van der Waals surface area contributed by atoms with Gasteiger partial charge >= 0.3 is 5.97 Å². The Labute approximate surface area is 161 Å². The molecule has 1 N–H and O–H groups in total. The van der Waals surface area contributed by atoms with E-state index in [1.54, 1.807) is 24.3 Å². The number of rotatable bonds is 6. The summed E-state index contributed by atoms with van der Waals surface area (Å²) in [4.78, 5) is 11.7. The van der Waals surface area contributed by atoms with E-state index >= 15 is 0 Å². The summed E-state index contributed by atoms with van der Waals surface area (Å²) in [7, 11) is 0. The van der Waals surface area contributed by atoms with Crippen LogP contribution in [0.2, 0.25) is 0 Å². The van der Waals surface area contributed by atoms with Crippen molar-refractivity contribution in [2.45, 2.75) is 13.2 Å². The molecule has 4 rings (SSSR count). The van der Waals surface area contributed by atoms with Gasteiger partial charge < -0.3 is 19.3 Å². The molecule has 3 aromatic rings. The monoisotopic (exact) mass is 432 g/mol. The molecule has 0 bridgehead atoms. The lowest BCUT2D eigenvalue weighted by molar-refractivity contribution is -0.138. The molecule has 1 aliphatic heterocycles. The zero-order valence-corrected chi connectivity index (χ0v) is 15.4. The fraction of sp³-hybridized carbons (Fsp3) is 0.176. The lowest BCUT2D eigenvalue weighted by atomic mass is 10.2. The van der Waals surface area contributed by atoms with E-state index in [9.17, 15) is 4.79 Å². The molecule has 138 valence electrons. The third-order valence-electron chi connectivity index (χ3n) is 3.78. The molecule has 1 aromatic heterocycles. The highest BCUT2D eigenvalue weighted by atomic mass is 79.9. The molecule has 2 aromatic carbocycles. The average Bonchev–Trinajstić information content (AvgIpc) is 3.28. The van der Waals surface area contributed by atoms with E-state index in [1.165, 1.54) is 0 Å². The molecule has 10 heteroatoms. The van der Waals surface area contributed by atoms with Crippen molar-refractivity contribution in [3.63, 3.8) is 0 Å². The molecule has 0 saturated heterocycles. The van der Waals surface area contributed by atoms with Crippen molar-refractivity contribution in [1.82, 2.24) is 20.2 Å². The zero-order valence-electron chi connectivity index (χ0n) is 13.8. The number of nitrogens with zero attached hydrogens (tertiary/aromatic N) is 4. The van der Waals surface area contributed by atoms with Gasteiger partial charge in [0.25, 0.3) is 0 Å². The molecule has 0 radical (unpaired) electrons. The van der Waals surface area contributed by atoms with Gasteiger partial charge in [-0.25, -0.2) is 0 Å². The van der Waals surface area contributed by atoms with Crippen molar-refractivity contribution in [2.75, 3.05) is 6.79 Å². The van der Waals surface area contributed by atoms with Gasteiger partial charge in [0.2, 0.25) is 12.6 Å². The predicted molar refractivity (Wildman–Crippen MR) is 95.5 cm³/mol. The number of carboxylic acids is 1. The zero-order chi connectivity index (χ0) is 18.8. The van der Waals surface area contributed by atoms with Gasteiger partial charge in [0, 0.05) is 15.6 Å². The lowest BCUT2D eigenvalue weighted by Gasteiger charge is -2.09. The highest BCUT2D eigenvalue weighted by Gasteiger charge is 2.16. The van der Waals surface area contributed by atoms with Crippen molar-refractivity contribution < 1.29 is 24.1 Å². The van der Waals surface area contributed by atoms with Crippen LogP contribution in [0.3, 0.4) is 0 Å². The van der Waals surface area contributed by atoms with Crippen molar-refractivity contribution >= 4 is 21.9 Å². The highest BCUT2D eigenvalue weighted by Crippen LogP contribution is 2.37. The summed E-state index contributed by atoms with van der Waals surface area (Å²) in [5.74, 6) is 1.39. The van der Waals surface area contributed by atoms with Crippen LogP contribution in [-0.2, 0) is 17.9 Å². The molecule has 0 atom stereocenters. The van der Waals surface area contributed by atoms with E-state index < -0.39 is 5.97 Å². The normalized spacial score (nSPS) is 12.2. The second-order valence-electron chi connectivity index (χ2n) is 5.65. The Balaban J connectivity index is 1.42. The molecular formula is C17H13BrN4O5. The number of tetrazole rings is 1. The molecule has 1 aliphatic rings. The molecule has 2 heterocycles. The first-order valence-corrected chi connectivity index (χ1v) is 8.68. The number of hydrogen-bond acceptors (Lipinski definition) is 7. The van der Waals surface area contributed by atoms with Gasteiger partial charge in [0.05, 0.1) is 0 Å². The molecule has 9 nitrogen and oxygen atoms in total.